The minimum absolute atomic E-state index is 0.776. The van der Waals surface area contributed by atoms with E-state index in [0.29, 0.717) is 0 Å². The molecule has 0 saturated heterocycles. The summed E-state index contributed by atoms with van der Waals surface area (Å²) in [5.41, 5.74) is 12.2. The minimum atomic E-state index is 0.776. The maximum Gasteiger partial charge on any atom is 0.136 e. The van der Waals surface area contributed by atoms with Crippen LogP contribution in [-0.2, 0) is 0 Å². The van der Waals surface area contributed by atoms with Crippen LogP contribution in [-0.4, -0.2) is 11.7 Å². The van der Waals surface area contributed by atoms with E-state index in [2.05, 4.69) is 35.8 Å². The van der Waals surface area contributed by atoms with Crippen molar-refractivity contribution in [1.29, 1.82) is 0 Å². The number of nitrogen functional groups attached to an aromatic ring is 1. The summed E-state index contributed by atoms with van der Waals surface area (Å²) >= 11 is 0. The molecule has 0 aliphatic rings. The van der Waals surface area contributed by atoms with Gasteiger partial charge in [0, 0.05) is 11.4 Å². The Hall–Kier alpha value is -1.94. The molecular formula is C13H19N4+. The highest BCUT2D eigenvalue weighted by Gasteiger charge is 2.15. The Kier molecular flexibility index (Phi) is 3.06. The van der Waals surface area contributed by atoms with Crippen molar-refractivity contribution < 1.29 is 5.43 Å². The fourth-order valence-corrected chi connectivity index (χ4v) is 2.06. The van der Waals surface area contributed by atoms with Gasteiger partial charge >= 0.3 is 0 Å². The van der Waals surface area contributed by atoms with Crippen molar-refractivity contribution in [2.75, 3.05) is 17.9 Å². The molecule has 0 atom stereocenters. The van der Waals surface area contributed by atoms with Gasteiger partial charge in [-0.25, -0.2) is 10.1 Å². The number of aromatic nitrogens is 1. The third-order valence-electron chi connectivity index (χ3n) is 2.88. The van der Waals surface area contributed by atoms with Crippen LogP contribution in [0.2, 0.25) is 0 Å². The molecule has 0 bridgehead atoms. The average molecular weight is 231 g/mol. The van der Waals surface area contributed by atoms with Crippen LogP contribution >= 0.6 is 0 Å². The third kappa shape index (κ3) is 1.99. The van der Waals surface area contributed by atoms with Crippen molar-refractivity contribution in [3.05, 3.63) is 47.8 Å². The van der Waals surface area contributed by atoms with E-state index in [1.165, 1.54) is 11.4 Å². The Bertz CT molecular complexity index is 496. The Morgan fingerprint density at radius 3 is 2.18 bits per heavy atom. The number of benzene rings is 1. The highest BCUT2D eigenvalue weighted by Crippen LogP contribution is 2.21. The van der Waals surface area contributed by atoms with Gasteiger partial charge in [0.05, 0.1) is 12.7 Å². The Morgan fingerprint density at radius 1 is 1.06 bits per heavy atom. The summed E-state index contributed by atoms with van der Waals surface area (Å²) in [7, 11) is 2.01. The lowest BCUT2D eigenvalue weighted by Gasteiger charge is -2.24. The van der Waals surface area contributed by atoms with Gasteiger partial charge in [0.15, 0.2) is 0 Å². The number of nitrogens with zero attached hydrogens (tertiary/aromatic N) is 2. The van der Waals surface area contributed by atoms with Gasteiger partial charge in [-0.2, -0.15) is 0 Å². The standard InChI is InChI=1S/C13H18N4/c1-10-8-9-11(2)16(10)17(15-3)13-7-5-4-6-12(13)14/h4-9,15H,14H2,1-3H3/p+1. The van der Waals surface area contributed by atoms with Crippen LogP contribution in [0.15, 0.2) is 36.4 Å². The Balaban J connectivity index is 2.52. The molecule has 17 heavy (non-hydrogen) atoms. The van der Waals surface area contributed by atoms with Gasteiger partial charge in [-0.05, 0) is 38.1 Å². The molecule has 2 rings (SSSR count). The number of quaternary nitrogens is 1. The summed E-state index contributed by atoms with van der Waals surface area (Å²) < 4.78 is 2.14. The van der Waals surface area contributed by atoms with Crippen molar-refractivity contribution >= 4 is 11.4 Å². The molecule has 90 valence electrons. The van der Waals surface area contributed by atoms with Gasteiger partial charge in [-0.15, -0.1) is 5.12 Å². The number of hydrogen-bond acceptors (Lipinski definition) is 2. The van der Waals surface area contributed by atoms with E-state index >= 15 is 0 Å². The molecule has 0 spiro atoms. The lowest BCUT2D eigenvalue weighted by molar-refractivity contribution is -0.646. The number of hydrogen-bond donors (Lipinski definition) is 2. The SMILES string of the molecule is C[NH2+]N(c1ccccc1N)n1c(C)ccc1C. The van der Waals surface area contributed by atoms with E-state index in [1.54, 1.807) is 0 Å². The van der Waals surface area contributed by atoms with E-state index in [1.807, 2.05) is 36.7 Å². The molecule has 4 heteroatoms. The van der Waals surface area contributed by atoms with Crippen LogP contribution < -0.4 is 16.3 Å². The number of anilines is 2. The predicted molar refractivity (Wildman–Crippen MR) is 70.5 cm³/mol. The van der Waals surface area contributed by atoms with E-state index in [0.717, 1.165) is 11.4 Å². The zero-order chi connectivity index (χ0) is 12.4. The highest BCUT2D eigenvalue weighted by molar-refractivity contribution is 5.65. The smallest absolute Gasteiger partial charge is 0.136 e. The molecule has 1 aromatic heterocycles. The summed E-state index contributed by atoms with van der Waals surface area (Å²) in [5, 5.41) is 2.07. The van der Waals surface area contributed by atoms with Gasteiger partial charge in [0.1, 0.15) is 5.69 Å². The van der Waals surface area contributed by atoms with Crippen molar-refractivity contribution in [2.24, 2.45) is 0 Å². The van der Waals surface area contributed by atoms with Gasteiger partial charge in [0.2, 0.25) is 0 Å². The number of aryl methyl sites for hydroxylation is 2. The van der Waals surface area contributed by atoms with Gasteiger partial charge < -0.3 is 5.73 Å². The van der Waals surface area contributed by atoms with Gasteiger partial charge in [-0.1, -0.05) is 12.1 Å². The predicted octanol–water partition coefficient (Wildman–Crippen LogP) is 1.07. The first-order valence-corrected chi connectivity index (χ1v) is 5.73. The topological polar surface area (TPSA) is 50.8 Å². The van der Waals surface area contributed by atoms with Crippen LogP contribution in [0.1, 0.15) is 11.4 Å². The van der Waals surface area contributed by atoms with Gasteiger partial charge in [0.25, 0.3) is 0 Å². The van der Waals surface area contributed by atoms with Crippen molar-refractivity contribution in [1.82, 2.24) is 4.68 Å². The monoisotopic (exact) mass is 231 g/mol. The normalized spacial score (nSPS) is 10.5. The highest BCUT2D eigenvalue weighted by atomic mass is 15.7. The molecule has 0 aliphatic heterocycles. The lowest BCUT2D eigenvalue weighted by atomic mass is 10.3. The van der Waals surface area contributed by atoms with Crippen molar-refractivity contribution in [3.63, 3.8) is 0 Å². The second kappa shape index (κ2) is 4.51. The van der Waals surface area contributed by atoms with Crippen LogP contribution in [0.5, 0.6) is 0 Å². The molecule has 4 N–H and O–H groups in total. The molecule has 4 nitrogen and oxygen atoms in total. The average Bonchev–Trinajstić information content (AvgIpc) is 2.64. The zero-order valence-electron chi connectivity index (χ0n) is 10.5. The quantitative estimate of drug-likeness (QED) is 0.471. The van der Waals surface area contributed by atoms with Crippen LogP contribution in [0, 0.1) is 13.8 Å². The van der Waals surface area contributed by atoms with Crippen LogP contribution in [0.4, 0.5) is 11.4 Å². The molecule has 0 amide bonds. The molecular weight excluding hydrogens is 212 g/mol. The summed E-state index contributed by atoms with van der Waals surface area (Å²) in [6.45, 7) is 4.17. The van der Waals surface area contributed by atoms with E-state index in [4.69, 9.17) is 5.73 Å². The number of rotatable bonds is 3. The largest absolute Gasteiger partial charge is 0.397 e. The minimum Gasteiger partial charge on any atom is -0.397 e. The summed E-state index contributed by atoms with van der Waals surface area (Å²) in [4.78, 5) is 0. The molecule has 2 aromatic rings. The Labute approximate surface area is 102 Å². The lowest BCUT2D eigenvalue weighted by Crippen LogP contribution is -2.92. The molecule has 0 saturated carbocycles. The van der Waals surface area contributed by atoms with Crippen LogP contribution in [0.25, 0.3) is 0 Å². The second-order valence-corrected chi connectivity index (χ2v) is 4.09. The second-order valence-electron chi connectivity index (χ2n) is 4.09. The molecule has 1 heterocycles. The summed E-state index contributed by atoms with van der Waals surface area (Å²) in [6, 6.07) is 12.1. The van der Waals surface area contributed by atoms with Crippen molar-refractivity contribution in [3.8, 4) is 0 Å². The van der Waals surface area contributed by atoms with E-state index < -0.39 is 0 Å². The number of nitrogens with two attached hydrogens (primary N) is 2. The first-order chi connectivity index (χ1) is 8.15. The molecule has 0 radical (unpaired) electrons. The van der Waals surface area contributed by atoms with Crippen LogP contribution in [0.3, 0.4) is 0 Å². The first-order valence-electron chi connectivity index (χ1n) is 5.73. The number of para-hydroxylation sites is 2. The fourth-order valence-electron chi connectivity index (χ4n) is 2.06. The van der Waals surface area contributed by atoms with Gasteiger partial charge in [-0.3, -0.25) is 0 Å². The molecule has 0 aliphatic carbocycles. The molecule has 1 aromatic carbocycles. The first kappa shape index (κ1) is 11.5. The Morgan fingerprint density at radius 2 is 1.65 bits per heavy atom. The zero-order valence-corrected chi connectivity index (χ0v) is 10.5. The van der Waals surface area contributed by atoms with E-state index in [-0.39, 0.29) is 0 Å². The van der Waals surface area contributed by atoms with E-state index in [9.17, 15) is 0 Å². The van der Waals surface area contributed by atoms with Crippen molar-refractivity contribution in [2.45, 2.75) is 13.8 Å². The fraction of sp³-hybridized carbons (Fsp3) is 0.231. The maximum absolute atomic E-state index is 6.03. The third-order valence-corrected chi connectivity index (χ3v) is 2.88. The summed E-state index contributed by atoms with van der Waals surface area (Å²) in [6.07, 6.45) is 0. The molecule has 0 fully saturated rings. The summed E-state index contributed by atoms with van der Waals surface area (Å²) in [5.74, 6) is 0. The maximum atomic E-state index is 6.03. The molecule has 0 unspecified atom stereocenters.